The van der Waals surface area contributed by atoms with E-state index in [4.69, 9.17) is 11.5 Å². The molecule has 6 unspecified atom stereocenters. The number of nitrogens with one attached hydrogen (secondary N) is 3. The second-order valence-electron chi connectivity index (χ2n) is 13.1. The second kappa shape index (κ2) is 12.8. The molecule has 12 heteroatoms. The molecule has 1 spiro atoms. The predicted molar refractivity (Wildman–Crippen MR) is 146 cm³/mol. The molecule has 0 aromatic carbocycles. The van der Waals surface area contributed by atoms with E-state index in [-0.39, 0.29) is 55.4 Å². The third-order valence-corrected chi connectivity index (χ3v) is 10.3. The van der Waals surface area contributed by atoms with Gasteiger partial charge in [-0.05, 0) is 63.5 Å². The first kappa shape index (κ1) is 30.0. The topological polar surface area (TPSA) is 129 Å². The number of amides is 2. The van der Waals surface area contributed by atoms with Crippen LogP contribution in [0.5, 0.6) is 0 Å². The quantitative estimate of drug-likeness (QED) is 0.295. The Kier molecular flexibility index (Phi) is 9.61. The molecule has 9 nitrogen and oxygen atoms in total. The van der Waals surface area contributed by atoms with Crippen molar-refractivity contribution in [2.24, 2.45) is 28.7 Å². The van der Waals surface area contributed by atoms with Gasteiger partial charge in [-0.2, -0.15) is 0 Å². The summed E-state index contributed by atoms with van der Waals surface area (Å²) in [5.41, 5.74) is 12.4. The highest BCUT2D eigenvalue weighted by Crippen LogP contribution is 2.47. The molecular weight excluding hydrogens is 523 g/mol. The smallest absolute Gasteiger partial charge is 0.227 e. The fourth-order valence-corrected chi connectivity index (χ4v) is 8.02. The fraction of sp³-hybridized carbons (Fsp3) is 0.929. The molecule has 40 heavy (non-hydrogen) atoms. The maximum absolute atomic E-state index is 15.4. The summed E-state index contributed by atoms with van der Waals surface area (Å²) in [5.74, 6) is -1.29. The zero-order chi connectivity index (χ0) is 28.4. The molecular formula is C28H48F3N7O2. The molecule has 0 radical (unpaired) electrons. The van der Waals surface area contributed by atoms with Crippen LogP contribution < -0.4 is 27.4 Å². The summed E-state index contributed by atoms with van der Waals surface area (Å²) >= 11 is 0. The van der Waals surface area contributed by atoms with E-state index in [2.05, 4.69) is 16.0 Å². The standard InChI is InChI=1S/C28H48F3N7O2/c29-18-3-8-28(6-1-2-7-28)11-21(35-12-18)23(25(32)33)26(39)36-22-14-34-13-20(31)24(22)37-9-4-17(5-10-37)27(40)38-15-19(30)16-38/h17-25,34-35H,1-16,32-33H2,(H,36,39). The van der Waals surface area contributed by atoms with Crippen LogP contribution in [0.25, 0.3) is 0 Å². The summed E-state index contributed by atoms with van der Waals surface area (Å²) in [6.07, 6.45) is 3.43. The van der Waals surface area contributed by atoms with E-state index in [1.54, 1.807) is 4.90 Å². The highest BCUT2D eigenvalue weighted by atomic mass is 19.1. The first-order valence-corrected chi connectivity index (χ1v) is 15.4. The SMILES string of the molecule is NC(N)C(C(=O)NC1CNCC(F)C1N1CCC(C(=O)N2CC(F)C2)CC1)C1CC2(CCCC2)CCC(F)CN1. The molecule has 0 bridgehead atoms. The lowest BCUT2D eigenvalue weighted by Gasteiger charge is -2.46. The van der Waals surface area contributed by atoms with Crippen LogP contribution >= 0.6 is 0 Å². The first-order chi connectivity index (χ1) is 19.2. The number of carbonyl (C=O) groups is 2. The summed E-state index contributed by atoms with van der Waals surface area (Å²) in [6.45, 7) is 2.15. The van der Waals surface area contributed by atoms with E-state index in [9.17, 15) is 18.4 Å². The van der Waals surface area contributed by atoms with Crippen molar-refractivity contribution in [2.45, 2.75) is 101 Å². The van der Waals surface area contributed by atoms with Crippen molar-refractivity contribution in [3.63, 3.8) is 0 Å². The largest absolute Gasteiger partial charge is 0.350 e. The van der Waals surface area contributed by atoms with Gasteiger partial charge in [-0.15, -0.1) is 0 Å². The number of hydrogen-bond donors (Lipinski definition) is 5. The van der Waals surface area contributed by atoms with Crippen LogP contribution in [0, 0.1) is 17.3 Å². The molecule has 5 fully saturated rings. The van der Waals surface area contributed by atoms with Gasteiger partial charge in [-0.3, -0.25) is 14.5 Å². The van der Waals surface area contributed by atoms with Crippen LogP contribution in [0.3, 0.4) is 0 Å². The van der Waals surface area contributed by atoms with Crippen molar-refractivity contribution in [2.75, 3.05) is 45.8 Å². The summed E-state index contributed by atoms with van der Waals surface area (Å²) in [5, 5.41) is 9.46. The Balaban J connectivity index is 1.24. The summed E-state index contributed by atoms with van der Waals surface area (Å²) in [4.78, 5) is 30.1. The lowest BCUT2D eigenvalue weighted by molar-refractivity contribution is -0.144. The van der Waals surface area contributed by atoms with Crippen LogP contribution in [-0.4, -0.2) is 110 Å². The van der Waals surface area contributed by atoms with E-state index < -0.39 is 42.7 Å². The molecule has 228 valence electrons. The van der Waals surface area contributed by atoms with Gasteiger partial charge >= 0.3 is 0 Å². The molecule has 6 atom stereocenters. The Morgan fingerprint density at radius 3 is 2.27 bits per heavy atom. The van der Waals surface area contributed by atoms with Crippen molar-refractivity contribution in [1.82, 2.24) is 25.8 Å². The average Bonchev–Trinajstić information content (AvgIpc) is 3.36. The summed E-state index contributed by atoms with van der Waals surface area (Å²) in [7, 11) is 0. The van der Waals surface area contributed by atoms with Crippen molar-refractivity contribution in [1.29, 1.82) is 0 Å². The molecule has 4 heterocycles. The first-order valence-electron chi connectivity index (χ1n) is 15.4. The summed E-state index contributed by atoms with van der Waals surface area (Å²) in [6, 6.07) is -1.41. The summed E-state index contributed by atoms with van der Waals surface area (Å²) < 4.78 is 43.2. The Morgan fingerprint density at radius 2 is 1.62 bits per heavy atom. The molecule has 0 aromatic heterocycles. The molecule has 5 aliphatic rings. The van der Waals surface area contributed by atoms with Gasteiger partial charge in [0.15, 0.2) is 0 Å². The van der Waals surface area contributed by atoms with Gasteiger partial charge in [0.05, 0.1) is 37.3 Å². The number of nitrogens with two attached hydrogens (primary N) is 2. The van der Waals surface area contributed by atoms with Gasteiger partial charge in [-0.1, -0.05) is 12.8 Å². The third kappa shape index (κ3) is 6.61. The maximum Gasteiger partial charge on any atom is 0.227 e. The minimum atomic E-state index is -1.20. The second-order valence-corrected chi connectivity index (χ2v) is 13.1. The van der Waals surface area contributed by atoms with Gasteiger partial charge in [0.1, 0.15) is 18.5 Å². The van der Waals surface area contributed by atoms with Crippen LogP contribution in [-0.2, 0) is 9.59 Å². The number of carbonyl (C=O) groups excluding carboxylic acids is 2. The van der Waals surface area contributed by atoms with Crippen molar-refractivity contribution in [3.05, 3.63) is 0 Å². The highest BCUT2D eigenvalue weighted by molar-refractivity contribution is 5.81. The van der Waals surface area contributed by atoms with E-state index in [0.29, 0.717) is 38.9 Å². The van der Waals surface area contributed by atoms with Gasteiger partial charge in [-0.25, -0.2) is 13.2 Å². The highest BCUT2D eigenvalue weighted by Gasteiger charge is 2.46. The van der Waals surface area contributed by atoms with Gasteiger partial charge in [0.25, 0.3) is 0 Å². The van der Waals surface area contributed by atoms with Gasteiger partial charge in [0, 0.05) is 31.6 Å². The zero-order valence-corrected chi connectivity index (χ0v) is 23.5. The van der Waals surface area contributed by atoms with E-state index >= 15 is 4.39 Å². The predicted octanol–water partition coefficient (Wildman–Crippen LogP) is 0.574. The Morgan fingerprint density at radius 1 is 0.925 bits per heavy atom. The molecule has 5 rings (SSSR count). The maximum atomic E-state index is 15.4. The monoisotopic (exact) mass is 571 g/mol. The van der Waals surface area contributed by atoms with Crippen molar-refractivity contribution < 1.29 is 22.8 Å². The Bertz CT molecular complexity index is 878. The molecule has 2 amide bonds. The minimum absolute atomic E-state index is 0.00223. The normalized spacial score (nSPS) is 35.2. The molecule has 4 saturated heterocycles. The number of alkyl halides is 3. The van der Waals surface area contributed by atoms with E-state index in [1.807, 2.05) is 4.90 Å². The van der Waals surface area contributed by atoms with Crippen molar-refractivity contribution >= 4 is 11.8 Å². The molecule has 1 saturated carbocycles. The number of likely N-dealkylation sites (tertiary alicyclic amines) is 2. The average molecular weight is 572 g/mol. The Hall–Kier alpha value is -1.47. The number of halogens is 3. The minimum Gasteiger partial charge on any atom is -0.350 e. The van der Waals surface area contributed by atoms with Crippen molar-refractivity contribution in [3.8, 4) is 0 Å². The third-order valence-electron chi connectivity index (χ3n) is 10.3. The molecule has 7 N–H and O–H groups in total. The van der Waals surface area contributed by atoms with E-state index in [0.717, 1.165) is 38.5 Å². The number of nitrogens with zero attached hydrogens (tertiary/aromatic N) is 2. The molecule has 0 aromatic rings. The van der Waals surface area contributed by atoms with Crippen LogP contribution in [0.15, 0.2) is 0 Å². The Labute approximate surface area is 235 Å². The van der Waals surface area contributed by atoms with Crippen LogP contribution in [0.4, 0.5) is 13.2 Å². The van der Waals surface area contributed by atoms with Gasteiger partial charge in [0.2, 0.25) is 11.8 Å². The zero-order valence-electron chi connectivity index (χ0n) is 23.5. The lowest BCUT2D eigenvalue weighted by atomic mass is 9.72. The molecule has 4 aliphatic heterocycles. The number of piperidine rings is 2. The molecule has 1 aliphatic carbocycles. The van der Waals surface area contributed by atoms with Gasteiger partial charge < -0.3 is 32.3 Å². The number of rotatable bonds is 6. The van der Waals surface area contributed by atoms with E-state index in [1.165, 1.54) is 0 Å². The lowest BCUT2D eigenvalue weighted by Crippen LogP contribution is -2.68. The van der Waals surface area contributed by atoms with Crippen LogP contribution in [0.1, 0.15) is 57.8 Å². The van der Waals surface area contributed by atoms with Crippen LogP contribution in [0.2, 0.25) is 0 Å². The number of hydrogen-bond acceptors (Lipinski definition) is 7. The fourth-order valence-electron chi connectivity index (χ4n) is 8.02.